The normalized spacial score (nSPS) is 11.8. The molecule has 9 heteroatoms. The van der Waals surface area contributed by atoms with Gasteiger partial charge in [0.2, 0.25) is 10.0 Å². The van der Waals surface area contributed by atoms with E-state index in [-0.39, 0.29) is 57.1 Å². The summed E-state index contributed by atoms with van der Waals surface area (Å²) in [6, 6.07) is 4.07. The van der Waals surface area contributed by atoms with Gasteiger partial charge in [0.05, 0.1) is 6.26 Å². The molecule has 84 valence electrons. The van der Waals surface area contributed by atoms with Crippen molar-refractivity contribution in [3.63, 3.8) is 0 Å². The molecule has 16 heavy (non-hydrogen) atoms. The molecule has 0 radical (unpaired) electrons. The van der Waals surface area contributed by atoms with Gasteiger partial charge < -0.3 is 12.9 Å². The van der Waals surface area contributed by atoms with Crippen LogP contribution in [0.1, 0.15) is 0 Å². The summed E-state index contributed by atoms with van der Waals surface area (Å²) in [6.45, 7) is -5.11. The summed E-state index contributed by atoms with van der Waals surface area (Å²) in [6.07, 6.45) is 0.873. The SMILES string of the molecule is CS(=O)(=O)Nc1cccc([B-](F)(F)F)c1.[K+]. The first-order valence-corrected chi connectivity index (χ1v) is 5.85. The number of hydrogen-bond donors (Lipinski definition) is 1. The maximum atomic E-state index is 12.3. The minimum atomic E-state index is -5.11. The van der Waals surface area contributed by atoms with Crippen LogP contribution in [0.25, 0.3) is 0 Å². The van der Waals surface area contributed by atoms with E-state index >= 15 is 0 Å². The van der Waals surface area contributed by atoms with Crippen molar-refractivity contribution in [2.45, 2.75) is 0 Å². The molecule has 0 spiro atoms. The Bertz CT molecular complexity index is 463. The van der Waals surface area contributed by atoms with E-state index in [9.17, 15) is 21.4 Å². The van der Waals surface area contributed by atoms with Crippen LogP contribution in [0, 0.1) is 0 Å². The number of hydrogen-bond acceptors (Lipinski definition) is 2. The fourth-order valence-electron chi connectivity index (χ4n) is 1.02. The minimum Gasteiger partial charge on any atom is -0.445 e. The second-order valence-electron chi connectivity index (χ2n) is 3.07. The van der Waals surface area contributed by atoms with Crippen molar-refractivity contribution in [1.29, 1.82) is 0 Å². The van der Waals surface area contributed by atoms with Crippen molar-refractivity contribution in [2.24, 2.45) is 0 Å². The second kappa shape index (κ2) is 5.87. The van der Waals surface area contributed by atoms with E-state index in [4.69, 9.17) is 0 Å². The first kappa shape index (κ1) is 16.5. The minimum absolute atomic E-state index is 0. The Morgan fingerprint density at radius 3 is 2.25 bits per heavy atom. The Hall–Kier alpha value is 0.461. The average molecular weight is 277 g/mol. The number of sulfonamides is 1. The molecule has 0 bridgehead atoms. The predicted molar refractivity (Wildman–Crippen MR) is 53.6 cm³/mol. The van der Waals surface area contributed by atoms with E-state index in [0.29, 0.717) is 0 Å². The maximum Gasteiger partial charge on any atom is 1.00 e. The number of halogens is 3. The third-order valence-electron chi connectivity index (χ3n) is 1.57. The number of rotatable bonds is 3. The van der Waals surface area contributed by atoms with Gasteiger partial charge in [-0.2, -0.15) is 0 Å². The van der Waals surface area contributed by atoms with Gasteiger partial charge in [0.15, 0.2) is 0 Å². The summed E-state index contributed by atoms with van der Waals surface area (Å²) in [5.74, 6) is 0. The quantitative estimate of drug-likeness (QED) is 0.657. The van der Waals surface area contributed by atoms with Crippen molar-refractivity contribution < 1.29 is 72.7 Å². The van der Waals surface area contributed by atoms with Crippen molar-refractivity contribution in [3.05, 3.63) is 24.3 Å². The molecule has 0 amide bonds. The Balaban J connectivity index is 0.00000225. The van der Waals surface area contributed by atoms with Gasteiger partial charge >= 0.3 is 58.4 Å². The molecular weight excluding hydrogens is 269 g/mol. The molecule has 1 N–H and O–H groups in total. The third-order valence-corrected chi connectivity index (χ3v) is 2.17. The average Bonchev–Trinajstić information content (AvgIpc) is 1.99. The molecule has 0 fully saturated rings. The predicted octanol–water partition coefficient (Wildman–Crippen LogP) is -1.88. The zero-order chi connectivity index (χ0) is 11.7. The van der Waals surface area contributed by atoms with Gasteiger partial charge in [0, 0.05) is 5.69 Å². The first-order chi connectivity index (χ1) is 6.68. The van der Waals surface area contributed by atoms with E-state index in [0.717, 1.165) is 24.5 Å². The number of anilines is 1. The molecule has 0 heterocycles. The summed E-state index contributed by atoms with van der Waals surface area (Å²) < 4.78 is 60.4. The third kappa shape index (κ3) is 5.69. The molecule has 0 unspecified atom stereocenters. The standard InChI is InChI=1S/C7H8BF3NO2S.K/c1-15(13,14)12-7-4-2-3-6(5-7)8(9,10)11;/h2-5,12H,1H3;/q-1;+1. The van der Waals surface area contributed by atoms with Crippen LogP contribution in [0.15, 0.2) is 24.3 Å². The molecule has 3 nitrogen and oxygen atoms in total. The van der Waals surface area contributed by atoms with Crippen molar-refractivity contribution in [3.8, 4) is 0 Å². The van der Waals surface area contributed by atoms with Crippen LogP contribution in [0.5, 0.6) is 0 Å². The Morgan fingerprint density at radius 2 is 1.81 bits per heavy atom. The van der Waals surface area contributed by atoms with Crippen LogP contribution in [0.3, 0.4) is 0 Å². The Labute approximate surface area is 134 Å². The van der Waals surface area contributed by atoms with E-state index < -0.39 is 22.5 Å². The topological polar surface area (TPSA) is 46.2 Å². The largest absolute Gasteiger partial charge is 1.00 e. The van der Waals surface area contributed by atoms with Gasteiger partial charge in [0.1, 0.15) is 0 Å². The zero-order valence-electron chi connectivity index (χ0n) is 8.75. The monoisotopic (exact) mass is 277 g/mol. The van der Waals surface area contributed by atoms with Gasteiger partial charge in [-0.15, -0.1) is 5.46 Å². The molecule has 0 saturated carbocycles. The van der Waals surface area contributed by atoms with Crippen molar-refractivity contribution >= 4 is 28.2 Å². The van der Waals surface area contributed by atoms with E-state index in [1.807, 2.05) is 4.72 Å². The number of nitrogens with one attached hydrogen (secondary N) is 1. The Morgan fingerprint density at radius 1 is 1.25 bits per heavy atom. The van der Waals surface area contributed by atoms with Crippen LogP contribution in [-0.4, -0.2) is 21.7 Å². The summed E-state index contributed by atoms with van der Waals surface area (Å²) in [7, 11) is -3.55. The van der Waals surface area contributed by atoms with Crippen LogP contribution >= 0.6 is 0 Å². The molecular formula is C7H8BF3KNO2S. The summed E-state index contributed by atoms with van der Waals surface area (Å²) in [5.41, 5.74) is -0.919. The van der Waals surface area contributed by atoms with Crippen molar-refractivity contribution in [1.82, 2.24) is 0 Å². The van der Waals surface area contributed by atoms with Crippen LogP contribution in [0.2, 0.25) is 0 Å². The fraction of sp³-hybridized carbons (Fsp3) is 0.143. The van der Waals surface area contributed by atoms with Gasteiger partial charge in [-0.3, -0.25) is 4.72 Å². The molecule has 1 rings (SSSR count). The van der Waals surface area contributed by atoms with Crippen LogP contribution in [-0.2, 0) is 10.0 Å². The van der Waals surface area contributed by atoms with E-state index in [2.05, 4.69) is 0 Å². The van der Waals surface area contributed by atoms with Gasteiger partial charge in [-0.05, 0) is 6.07 Å². The fourth-order valence-corrected chi connectivity index (χ4v) is 1.57. The van der Waals surface area contributed by atoms with Gasteiger partial charge in [0.25, 0.3) is 0 Å². The summed E-state index contributed by atoms with van der Waals surface area (Å²) in [4.78, 5) is 0. The molecule has 0 aromatic heterocycles. The molecule has 0 atom stereocenters. The van der Waals surface area contributed by atoms with Crippen LogP contribution < -0.4 is 61.6 Å². The molecule has 0 aliphatic heterocycles. The molecule has 0 saturated heterocycles. The maximum absolute atomic E-state index is 12.3. The molecule has 0 aliphatic rings. The summed E-state index contributed by atoms with van der Waals surface area (Å²) in [5, 5.41) is 0. The van der Waals surface area contributed by atoms with E-state index in [1.54, 1.807) is 0 Å². The first-order valence-electron chi connectivity index (χ1n) is 3.96. The van der Waals surface area contributed by atoms with Gasteiger partial charge in [-0.1, -0.05) is 18.2 Å². The molecule has 1 aromatic rings. The van der Waals surface area contributed by atoms with Crippen molar-refractivity contribution in [2.75, 3.05) is 11.0 Å². The van der Waals surface area contributed by atoms with E-state index in [1.165, 1.54) is 6.07 Å². The molecule has 0 aliphatic carbocycles. The second-order valence-corrected chi connectivity index (χ2v) is 4.82. The van der Waals surface area contributed by atoms with Gasteiger partial charge in [-0.25, -0.2) is 8.42 Å². The zero-order valence-corrected chi connectivity index (χ0v) is 12.7. The number of benzene rings is 1. The smallest absolute Gasteiger partial charge is 0.445 e. The van der Waals surface area contributed by atoms with Crippen LogP contribution in [0.4, 0.5) is 18.6 Å². The Kier molecular flexibility index (Phi) is 6.04. The molecule has 1 aromatic carbocycles. The summed E-state index contributed by atoms with van der Waals surface area (Å²) >= 11 is 0.